The van der Waals surface area contributed by atoms with Crippen LogP contribution in [0.15, 0.2) is 30.3 Å². The lowest BCUT2D eigenvalue weighted by Crippen LogP contribution is -2.56. The van der Waals surface area contributed by atoms with Crippen LogP contribution in [0.5, 0.6) is 0 Å². The molecule has 0 radical (unpaired) electrons. The van der Waals surface area contributed by atoms with Gasteiger partial charge >= 0.3 is 0 Å². The highest BCUT2D eigenvalue weighted by Gasteiger charge is 2.49. The fourth-order valence-electron chi connectivity index (χ4n) is 3.44. The molecule has 0 spiro atoms. The number of nitrogens with zero attached hydrogens (tertiary/aromatic N) is 1. The third-order valence-electron chi connectivity index (χ3n) is 5.06. The minimum absolute atomic E-state index is 0.0626. The van der Waals surface area contributed by atoms with Crippen molar-refractivity contribution in [1.82, 2.24) is 4.90 Å². The van der Waals surface area contributed by atoms with Gasteiger partial charge in [-0.3, -0.25) is 4.79 Å². The predicted molar refractivity (Wildman–Crippen MR) is 78.4 cm³/mol. The van der Waals surface area contributed by atoms with Crippen LogP contribution < -0.4 is 0 Å². The van der Waals surface area contributed by atoms with Crippen molar-refractivity contribution in [2.75, 3.05) is 13.2 Å². The Balaban J connectivity index is 1.86. The van der Waals surface area contributed by atoms with Crippen LogP contribution in [0.25, 0.3) is 0 Å². The SMILES string of the molecule is O=C(N(CCO)C1CCC1)C1(c2ccccc2)CCC1. The Kier molecular flexibility index (Phi) is 3.79. The van der Waals surface area contributed by atoms with Crippen LogP contribution in [0.3, 0.4) is 0 Å². The van der Waals surface area contributed by atoms with Crippen LogP contribution >= 0.6 is 0 Å². The first-order valence-corrected chi connectivity index (χ1v) is 7.75. The molecule has 3 heteroatoms. The summed E-state index contributed by atoms with van der Waals surface area (Å²) >= 11 is 0. The first-order valence-electron chi connectivity index (χ1n) is 7.75. The van der Waals surface area contributed by atoms with E-state index in [1.807, 2.05) is 23.1 Å². The van der Waals surface area contributed by atoms with E-state index in [1.165, 1.54) is 6.42 Å². The summed E-state index contributed by atoms with van der Waals surface area (Å²) in [7, 11) is 0. The lowest BCUT2D eigenvalue weighted by Gasteiger charge is -2.47. The van der Waals surface area contributed by atoms with Crippen molar-refractivity contribution in [1.29, 1.82) is 0 Å². The van der Waals surface area contributed by atoms with Gasteiger partial charge in [-0.2, -0.15) is 0 Å². The molecule has 108 valence electrons. The molecule has 2 aliphatic rings. The van der Waals surface area contributed by atoms with Gasteiger partial charge in [-0.1, -0.05) is 36.8 Å². The number of aliphatic hydroxyl groups is 1. The molecule has 2 aliphatic carbocycles. The molecule has 20 heavy (non-hydrogen) atoms. The van der Waals surface area contributed by atoms with Crippen molar-refractivity contribution >= 4 is 5.91 Å². The fraction of sp³-hybridized carbons (Fsp3) is 0.588. The van der Waals surface area contributed by atoms with Crippen LogP contribution in [0.1, 0.15) is 44.1 Å². The molecule has 2 fully saturated rings. The summed E-state index contributed by atoms with van der Waals surface area (Å²) in [6, 6.07) is 10.5. The fourth-order valence-corrected chi connectivity index (χ4v) is 3.44. The molecule has 3 nitrogen and oxygen atoms in total. The summed E-state index contributed by atoms with van der Waals surface area (Å²) in [5, 5.41) is 9.29. The van der Waals surface area contributed by atoms with Crippen molar-refractivity contribution in [3.05, 3.63) is 35.9 Å². The first kappa shape index (κ1) is 13.6. The van der Waals surface area contributed by atoms with Gasteiger partial charge in [0.05, 0.1) is 12.0 Å². The molecule has 2 saturated carbocycles. The van der Waals surface area contributed by atoms with Crippen LogP contribution in [-0.2, 0) is 10.2 Å². The van der Waals surface area contributed by atoms with Gasteiger partial charge in [-0.05, 0) is 37.7 Å². The number of hydrogen-bond donors (Lipinski definition) is 1. The van der Waals surface area contributed by atoms with Gasteiger partial charge in [0.25, 0.3) is 0 Å². The highest BCUT2D eigenvalue weighted by Crippen LogP contribution is 2.46. The van der Waals surface area contributed by atoms with Gasteiger partial charge in [-0.25, -0.2) is 0 Å². The maximum absolute atomic E-state index is 13.1. The largest absolute Gasteiger partial charge is 0.395 e. The standard InChI is InChI=1S/C17H23NO2/c19-13-12-18(15-8-4-9-15)16(20)17(10-5-11-17)14-6-2-1-3-7-14/h1-3,6-7,15,19H,4-5,8-13H2. The molecule has 0 atom stereocenters. The van der Waals surface area contributed by atoms with Crippen molar-refractivity contribution in [2.45, 2.75) is 50.0 Å². The van der Waals surface area contributed by atoms with Crippen molar-refractivity contribution in [2.24, 2.45) is 0 Å². The average molecular weight is 273 g/mol. The summed E-state index contributed by atoms with van der Waals surface area (Å²) in [5.74, 6) is 0.244. The zero-order chi connectivity index (χ0) is 14.0. The molecule has 0 aliphatic heterocycles. The summed E-state index contributed by atoms with van der Waals surface area (Å²) in [6.07, 6.45) is 6.42. The summed E-state index contributed by atoms with van der Waals surface area (Å²) in [4.78, 5) is 15.0. The van der Waals surface area contributed by atoms with E-state index in [9.17, 15) is 9.90 Å². The summed E-state index contributed by atoms with van der Waals surface area (Å²) in [6.45, 7) is 0.547. The third kappa shape index (κ3) is 2.14. The molecular weight excluding hydrogens is 250 g/mol. The maximum atomic E-state index is 13.1. The molecule has 1 amide bonds. The number of hydrogen-bond acceptors (Lipinski definition) is 2. The van der Waals surface area contributed by atoms with E-state index in [0.717, 1.165) is 37.7 Å². The Morgan fingerprint density at radius 2 is 1.90 bits per heavy atom. The second-order valence-corrected chi connectivity index (χ2v) is 6.11. The molecule has 1 N–H and O–H groups in total. The second kappa shape index (κ2) is 5.57. The van der Waals surface area contributed by atoms with Crippen LogP contribution in [-0.4, -0.2) is 35.1 Å². The van der Waals surface area contributed by atoms with Gasteiger partial charge in [-0.15, -0.1) is 0 Å². The van der Waals surface area contributed by atoms with Gasteiger partial charge in [0.2, 0.25) is 5.91 Å². The molecule has 3 rings (SSSR count). The van der Waals surface area contributed by atoms with Gasteiger partial charge in [0.1, 0.15) is 0 Å². The van der Waals surface area contributed by atoms with Crippen molar-refractivity contribution in [3.63, 3.8) is 0 Å². The highest BCUT2D eigenvalue weighted by molar-refractivity contribution is 5.89. The van der Waals surface area contributed by atoms with E-state index in [4.69, 9.17) is 0 Å². The molecule has 1 aromatic carbocycles. The number of benzene rings is 1. The number of amides is 1. The van der Waals surface area contributed by atoms with Crippen molar-refractivity contribution in [3.8, 4) is 0 Å². The Labute approximate surface area is 120 Å². The zero-order valence-electron chi connectivity index (χ0n) is 11.9. The van der Waals surface area contributed by atoms with Gasteiger partial charge in [0.15, 0.2) is 0 Å². The molecule has 0 unspecified atom stereocenters. The Morgan fingerprint density at radius 1 is 1.20 bits per heavy atom. The topological polar surface area (TPSA) is 40.5 Å². The zero-order valence-corrected chi connectivity index (χ0v) is 11.9. The van der Waals surface area contributed by atoms with Crippen LogP contribution in [0, 0.1) is 0 Å². The van der Waals surface area contributed by atoms with Crippen LogP contribution in [0.2, 0.25) is 0 Å². The normalized spacial score (nSPS) is 20.9. The monoisotopic (exact) mass is 273 g/mol. The van der Waals surface area contributed by atoms with E-state index in [0.29, 0.717) is 12.6 Å². The second-order valence-electron chi connectivity index (χ2n) is 6.11. The van der Waals surface area contributed by atoms with Crippen molar-refractivity contribution < 1.29 is 9.90 Å². The van der Waals surface area contributed by atoms with E-state index in [1.54, 1.807) is 0 Å². The molecule has 1 aromatic rings. The Hall–Kier alpha value is -1.35. The van der Waals surface area contributed by atoms with Crippen LogP contribution in [0.4, 0.5) is 0 Å². The smallest absolute Gasteiger partial charge is 0.233 e. The lowest BCUT2D eigenvalue weighted by atomic mass is 9.63. The molecule has 0 saturated heterocycles. The molecule has 0 heterocycles. The Morgan fingerprint density at radius 3 is 2.35 bits per heavy atom. The predicted octanol–water partition coefficient (Wildman–Crippen LogP) is 2.48. The van der Waals surface area contributed by atoms with Gasteiger partial charge in [0, 0.05) is 12.6 Å². The minimum Gasteiger partial charge on any atom is -0.395 e. The average Bonchev–Trinajstić information content (AvgIpc) is 2.36. The number of rotatable bonds is 5. The highest BCUT2D eigenvalue weighted by atomic mass is 16.3. The molecule has 0 bridgehead atoms. The van der Waals surface area contributed by atoms with E-state index in [-0.39, 0.29) is 17.9 Å². The van der Waals surface area contributed by atoms with E-state index in [2.05, 4.69) is 12.1 Å². The van der Waals surface area contributed by atoms with E-state index < -0.39 is 0 Å². The summed E-state index contributed by atoms with van der Waals surface area (Å²) < 4.78 is 0. The quantitative estimate of drug-likeness (QED) is 0.895. The third-order valence-corrected chi connectivity index (χ3v) is 5.06. The lowest BCUT2D eigenvalue weighted by molar-refractivity contribution is -0.145. The molecule has 0 aromatic heterocycles. The maximum Gasteiger partial charge on any atom is 0.233 e. The first-order chi connectivity index (χ1) is 9.78. The molecular formula is C17H23NO2. The number of carbonyl (C=O) groups is 1. The van der Waals surface area contributed by atoms with Gasteiger partial charge < -0.3 is 10.0 Å². The Bertz CT molecular complexity index is 463. The number of aliphatic hydroxyl groups excluding tert-OH is 1. The number of carbonyl (C=O) groups excluding carboxylic acids is 1. The minimum atomic E-state index is -0.313. The summed E-state index contributed by atoms with van der Waals surface area (Å²) in [5.41, 5.74) is 0.838. The van der Waals surface area contributed by atoms with E-state index >= 15 is 0 Å².